The van der Waals surface area contributed by atoms with Crippen LogP contribution in [-0.2, 0) is 4.79 Å². The SMILES string of the molecule is COc1cccc2c1OC[C@]1(C(=O)O)CN(CCCCCCO)CC21. The van der Waals surface area contributed by atoms with Gasteiger partial charge in [0.2, 0.25) is 0 Å². The average Bonchev–Trinajstić information content (AvgIpc) is 3.01. The minimum atomic E-state index is -0.884. The first-order chi connectivity index (χ1) is 12.1. The van der Waals surface area contributed by atoms with E-state index in [-0.39, 0.29) is 19.1 Å². The monoisotopic (exact) mass is 349 g/mol. The van der Waals surface area contributed by atoms with E-state index in [4.69, 9.17) is 14.6 Å². The van der Waals surface area contributed by atoms with Gasteiger partial charge in [-0.05, 0) is 25.5 Å². The van der Waals surface area contributed by atoms with Gasteiger partial charge in [-0.15, -0.1) is 0 Å². The number of carbonyl (C=O) groups is 1. The van der Waals surface area contributed by atoms with Crippen LogP contribution in [0.3, 0.4) is 0 Å². The molecule has 3 rings (SSSR count). The first-order valence-corrected chi connectivity index (χ1v) is 8.98. The Bertz CT molecular complexity index is 620. The third-order valence-corrected chi connectivity index (χ3v) is 5.50. The van der Waals surface area contributed by atoms with Crippen molar-refractivity contribution < 1.29 is 24.5 Å². The maximum absolute atomic E-state index is 12.1. The Morgan fingerprint density at radius 1 is 1.36 bits per heavy atom. The van der Waals surface area contributed by atoms with Gasteiger partial charge < -0.3 is 24.6 Å². The summed E-state index contributed by atoms with van der Waals surface area (Å²) in [5.74, 6) is 0.491. The molecule has 2 atom stereocenters. The van der Waals surface area contributed by atoms with Crippen molar-refractivity contribution in [3.8, 4) is 11.5 Å². The molecule has 0 spiro atoms. The zero-order chi connectivity index (χ0) is 17.9. The van der Waals surface area contributed by atoms with Crippen LogP contribution in [0.4, 0.5) is 0 Å². The number of hydrogen-bond donors (Lipinski definition) is 2. The quantitative estimate of drug-likeness (QED) is 0.700. The number of aliphatic carboxylic acids is 1. The lowest BCUT2D eigenvalue weighted by molar-refractivity contribution is -0.151. The van der Waals surface area contributed by atoms with Gasteiger partial charge >= 0.3 is 5.97 Å². The third-order valence-electron chi connectivity index (χ3n) is 5.50. The second-order valence-corrected chi connectivity index (χ2v) is 7.05. The number of unbranched alkanes of at least 4 members (excludes halogenated alkanes) is 3. The van der Waals surface area contributed by atoms with Crippen LogP contribution in [0, 0.1) is 5.41 Å². The summed E-state index contributed by atoms with van der Waals surface area (Å²) in [6.07, 6.45) is 3.93. The molecule has 2 heterocycles. The first-order valence-electron chi connectivity index (χ1n) is 8.98. The number of carboxylic acid groups (broad SMARTS) is 1. The van der Waals surface area contributed by atoms with Gasteiger partial charge in [0.05, 0.1) is 7.11 Å². The summed E-state index contributed by atoms with van der Waals surface area (Å²) in [7, 11) is 1.60. The van der Waals surface area contributed by atoms with Crippen molar-refractivity contribution in [3.05, 3.63) is 23.8 Å². The predicted molar refractivity (Wildman–Crippen MR) is 93.3 cm³/mol. The van der Waals surface area contributed by atoms with Crippen LogP contribution in [0.5, 0.6) is 11.5 Å². The van der Waals surface area contributed by atoms with Crippen molar-refractivity contribution in [2.75, 3.05) is 40.0 Å². The molecule has 138 valence electrons. The Morgan fingerprint density at radius 3 is 2.88 bits per heavy atom. The molecule has 2 aliphatic rings. The van der Waals surface area contributed by atoms with E-state index in [9.17, 15) is 9.90 Å². The summed E-state index contributed by atoms with van der Waals surface area (Å²) >= 11 is 0. The molecule has 1 aromatic rings. The van der Waals surface area contributed by atoms with Crippen LogP contribution in [0.2, 0.25) is 0 Å². The summed E-state index contributed by atoms with van der Waals surface area (Å²) in [6, 6.07) is 5.71. The molecule has 1 saturated heterocycles. The summed E-state index contributed by atoms with van der Waals surface area (Å²) in [5.41, 5.74) is 0.0561. The number of aliphatic hydroxyl groups excluding tert-OH is 1. The van der Waals surface area contributed by atoms with E-state index >= 15 is 0 Å². The second-order valence-electron chi connectivity index (χ2n) is 7.05. The molecule has 1 fully saturated rings. The van der Waals surface area contributed by atoms with Gasteiger partial charge in [0.1, 0.15) is 12.0 Å². The lowest BCUT2D eigenvalue weighted by Crippen LogP contribution is -2.45. The molecule has 0 radical (unpaired) electrons. The molecular formula is C19H27NO5. The number of fused-ring (bicyclic) bond motifs is 3. The highest BCUT2D eigenvalue weighted by molar-refractivity contribution is 5.78. The second kappa shape index (κ2) is 7.62. The van der Waals surface area contributed by atoms with Crippen molar-refractivity contribution in [1.29, 1.82) is 0 Å². The van der Waals surface area contributed by atoms with E-state index in [2.05, 4.69) is 4.90 Å². The van der Waals surface area contributed by atoms with E-state index in [0.717, 1.165) is 44.3 Å². The van der Waals surface area contributed by atoms with E-state index < -0.39 is 11.4 Å². The molecule has 1 unspecified atom stereocenters. The molecule has 6 heteroatoms. The molecule has 0 aliphatic carbocycles. The molecule has 0 saturated carbocycles. The van der Waals surface area contributed by atoms with Crippen LogP contribution >= 0.6 is 0 Å². The lowest BCUT2D eigenvalue weighted by atomic mass is 9.73. The van der Waals surface area contributed by atoms with Crippen LogP contribution < -0.4 is 9.47 Å². The van der Waals surface area contributed by atoms with E-state index in [1.807, 2.05) is 18.2 Å². The van der Waals surface area contributed by atoms with Gasteiger partial charge in [-0.2, -0.15) is 0 Å². The molecule has 2 N–H and O–H groups in total. The lowest BCUT2D eigenvalue weighted by Gasteiger charge is -2.36. The molecule has 6 nitrogen and oxygen atoms in total. The van der Waals surface area contributed by atoms with Crippen LogP contribution in [0.15, 0.2) is 18.2 Å². The summed E-state index contributed by atoms with van der Waals surface area (Å²) in [6.45, 7) is 2.56. The number of aliphatic hydroxyl groups is 1. The van der Waals surface area contributed by atoms with Crippen LogP contribution in [0.25, 0.3) is 0 Å². The minimum Gasteiger partial charge on any atom is -0.493 e. The fraction of sp³-hybridized carbons (Fsp3) is 0.632. The Balaban J connectivity index is 1.76. The Kier molecular flexibility index (Phi) is 5.49. The summed E-state index contributed by atoms with van der Waals surface area (Å²) < 4.78 is 11.2. The predicted octanol–water partition coefficient (Wildman–Crippen LogP) is 2.11. The average molecular weight is 349 g/mol. The van der Waals surface area contributed by atoms with Crippen molar-refractivity contribution in [2.24, 2.45) is 5.41 Å². The van der Waals surface area contributed by atoms with Gasteiger partial charge in [0, 0.05) is 31.2 Å². The zero-order valence-electron chi connectivity index (χ0n) is 14.7. The van der Waals surface area contributed by atoms with Gasteiger partial charge in [0.15, 0.2) is 11.5 Å². The van der Waals surface area contributed by atoms with Crippen molar-refractivity contribution in [2.45, 2.75) is 31.6 Å². The molecular weight excluding hydrogens is 322 g/mol. The van der Waals surface area contributed by atoms with Crippen molar-refractivity contribution in [1.82, 2.24) is 4.90 Å². The number of ether oxygens (including phenoxy) is 2. The van der Waals surface area contributed by atoms with Gasteiger partial charge in [-0.25, -0.2) is 0 Å². The molecule has 0 bridgehead atoms. The van der Waals surface area contributed by atoms with Gasteiger partial charge in [0.25, 0.3) is 0 Å². The number of rotatable bonds is 8. The van der Waals surface area contributed by atoms with E-state index in [0.29, 0.717) is 18.0 Å². The Labute approximate surface area is 148 Å². The number of likely N-dealkylation sites (tertiary alicyclic amines) is 1. The van der Waals surface area contributed by atoms with E-state index in [1.54, 1.807) is 7.11 Å². The number of hydrogen-bond acceptors (Lipinski definition) is 5. The van der Waals surface area contributed by atoms with Crippen LogP contribution in [-0.4, -0.2) is 61.0 Å². The number of benzene rings is 1. The number of nitrogens with zero attached hydrogens (tertiary/aromatic N) is 1. The molecule has 0 amide bonds. The van der Waals surface area contributed by atoms with Crippen molar-refractivity contribution in [3.63, 3.8) is 0 Å². The zero-order valence-corrected chi connectivity index (χ0v) is 14.7. The number of para-hydroxylation sites is 1. The maximum Gasteiger partial charge on any atom is 0.315 e. The standard InChI is InChI=1S/C19H27NO5/c1-24-16-8-6-7-14-15-11-20(9-4-2-3-5-10-21)12-19(15,18(22)23)13-25-17(14)16/h6-8,15,21H,2-5,9-13H2,1H3,(H,22,23)/t15?,19-/m1/s1. The third kappa shape index (κ3) is 3.33. The maximum atomic E-state index is 12.1. The highest BCUT2D eigenvalue weighted by Crippen LogP contribution is 2.52. The summed E-state index contributed by atoms with van der Waals surface area (Å²) in [4.78, 5) is 14.4. The largest absolute Gasteiger partial charge is 0.493 e. The van der Waals surface area contributed by atoms with Crippen molar-refractivity contribution >= 4 is 5.97 Å². The van der Waals surface area contributed by atoms with Gasteiger partial charge in [-0.1, -0.05) is 25.0 Å². The smallest absolute Gasteiger partial charge is 0.315 e. The topological polar surface area (TPSA) is 79.2 Å². The fourth-order valence-electron chi connectivity index (χ4n) is 4.12. The number of carboxylic acids is 1. The van der Waals surface area contributed by atoms with Crippen LogP contribution in [0.1, 0.15) is 37.2 Å². The number of methoxy groups -OCH3 is 1. The van der Waals surface area contributed by atoms with Gasteiger partial charge in [-0.3, -0.25) is 4.79 Å². The normalized spacial score (nSPS) is 25.1. The highest BCUT2D eigenvalue weighted by Gasteiger charge is 2.56. The molecule has 0 aromatic heterocycles. The first kappa shape index (κ1) is 18.0. The highest BCUT2D eigenvalue weighted by atomic mass is 16.5. The summed E-state index contributed by atoms with van der Waals surface area (Å²) in [5, 5.41) is 18.8. The molecule has 2 aliphatic heterocycles. The van der Waals surface area contributed by atoms with E-state index in [1.165, 1.54) is 0 Å². The fourth-order valence-corrected chi connectivity index (χ4v) is 4.12. The Hall–Kier alpha value is -1.79. The molecule has 25 heavy (non-hydrogen) atoms. The Morgan fingerprint density at radius 2 is 2.16 bits per heavy atom. The minimum absolute atomic E-state index is 0.0821. The molecule has 1 aromatic carbocycles.